The van der Waals surface area contributed by atoms with E-state index in [2.05, 4.69) is 54.4 Å². The molecule has 0 aliphatic carbocycles. The minimum absolute atomic E-state index is 0.447. The summed E-state index contributed by atoms with van der Waals surface area (Å²) < 4.78 is 5.16. The van der Waals surface area contributed by atoms with E-state index in [9.17, 15) is 0 Å². The Morgan fingerprint density at radius 3 is 2.47 bits per heavy atom. The Labute approximate surface area is 118 Å². The number of nitrogens with one attached hydrogen (secondary N) is 1. The van der Waals surface area contributed by atoms with Crippen LogP contribution in [0.4, 0.5) is 0 Å². The molecule has 0 spiro atoms. The molecule has 1 aromatic carbocycles. The lowest BCUT2D eigenvalue weighted by Crippen LogP contribution is -2.31. The van der Waals surface area contributed by atoms with E-state index in [4.69, 9.17) is 4.74 Å². The third kappa shape index (κ3) is 6.19. The highest BCUT2D eigenvalue weighted by Gasteiger charge is 2.11. The van der Waals surface area contributed by atoms with Crippen LogP contribution in [0.1, 0.15) is 31.9 Å². The zero-order valence-electron chi connectivity index (χ0n) is 12.6. The number of hydrogen-bond donors (Lipinski definition) is 1. The zero-order valence-corrected chi connectivity index (χ0v) is 12.6. The molecule has 1 unspecified atom stereocenters. The quantitative estimate of drug-likeness (QED) is 0.703. The van der Waals surface area contributed by atoms with Crippen molar-refractivity contribution in [3.63, 3.8) is 0 Å². The van der Waals surface area contributed by atoms with Gasteiger partial charge in [0.05, 0.1) is 6.61 Å². The maximum atomic E-state index is 5.16. The maximum Gasteiger partial charge on any atom is 0.0589 e. The van der Waals surface area contributed by atoms with Crippen LogP contribution in [0.2, 0.25) is 0 Å². The third-order valence-corrected chi connectivity index (χ3v) is 3.45. The summed E-state index contributed by atoms with van der Waals surface area (Å²) in [7, 11) is 1.76. The first kappa shape index (κ1) is 16.2. The summed E-state index contributed by atoms with van der Waals surface area (Å²) in [4.78, 5) is 2.44. The Morgan fingerprint density at radius 1 is 1.16 bits per heavy atom. The van der Waals surface area contributed by atoms with Crippen LogP contribution >= 0.6 is 0 Å². The highest BCUT2D eigenvalue weighted by atomic mass is 16.5. The lowest BCUT2D eigenvalue weighted by Gasteiger charge is -2.24. The molecule has 108 valence electrons. The van der Waals surface area contributed by atoms with Crippen LogP contribution < -0.4 is 5.32 Å². The van der Waals surface area contributed by atoms with Crippen molar-refractivity contribution in [2.45, 2.75) is 26.3 Å². The number of benzene rings is 1. The van der Waals surface area contributed by atoms with Gasteiger partial charge in [-0.2, -0.15) is 0 Å². The fraction of sp³-hybridized carbons (Fsp3) is 0.625. The van der Waals surface area contributed by atoms with E-state index in [0.29, 0.717) is 6.04 Å². The van der Waals surface area contributed by atoms with Crippen molar-refractivity contribution >= 4 is 0 Å². The monoisotopic (exact) mass is 264 g/mol. The molecule has 0 saturated heterocycles. The van der Waals surface area contributed by atoms with Gasteiger partial charge in [-0.1, -0.05) is 44.2 Å². The summed E-state index contributed by atoms with van der Waals surface area (Å²) in [5.74, 6) is 0. The van der Waals surface area contributed by atoms with Crippen molar-refractivity contribution in [2.75, 3.05) is 39.9 Å². The van der Waals surface area contributed by atoms with Gasteiger partial charge >= 0.3 is 0 Å². The van der Waals surface area contributed by atoms with Gasteiger partial charge in [-0.3, -0.25) is 0 Å². The fourth-order valence-corrected chi connectivity index (χ4v) is 2.28. The van der Waals surface area contributed by atoms with E-state index < -0.39 is 0 Å². The summed E-state index contributed by atoms with van der Waals surface area (Å²) in [5.41, 5.74) is 1.38. The average Bonchev–Trinajstić information content (AvgIpc) is 2.47. The van der Waals surface area contributed by atoms with Crippen molar-refractivity contribution in [1.82, 2.24) is 10.2 Å². The summed E-state index contributed by atoms with van der Waals surface area (Å²) in [5, 5.41) is 3.58. The Kier molecular flexibility index (Phi) is 8.47. The lowest BCUT2D eigenvalue weighted by atomic mass is 10.0. The molecule has 0 fully saturated rings. The second kappa shape index (κ2) is 9.96. The van der Waals surface area contributed by atoms with E-state index in [-0.39, 0.29) is 0 Å². The van der Waals surface area contributed by atoms with Gasteiger partial charge in [0.15, 0.2) is 0 Å². The van der Waals surface area contributed by atoms with Crippen LogP contribution in [0.5, 0.6) is 0 Å². The highest BCUT2D eigenvalue weighted by molar-refractivity contribution is 5.18. The molecule has 0 amide bonds. The fourth-order valence-electron chi connectivity index (χ4n) is 2.28. The molecule has 1 aromatic rings. The van der Waals surface area contributed by atoms with Crippen molar-refractivity contribution in [3.05, 3.63) is 35.9 Å². The number of methoxy groups -OCH3 is 1. The normalized spacial score (nSPS) is 12.8. The van der Waals surface area contributed by atoms with Gasteiger partial charge in [-0.05, 0) is 25.1 Å². The summed E-state index contributed by atoms with van der Waals surface area (Å²) in [6, 6.07) is 11.2. The van der Waals surface area contributed by atoms with E-state index >= 15 is 0 Å². The highest BCUT2D eigenvalue weighted by Crippen LogP contribution is 2.16. The first-order chi connectivity index (χ1) is 9.31. The van der Waals surface area contributed by atoms with E-state index in [0.717, 1.165) is 39.2 Å². The van der Waals surface area contributed by atoms with Crippen molar-refractivity contribution in [1.29, 1.82) is 0 Å². The molecule has 0 aliphatic heterocycles. The Bertz CT molecular complexity index is 316. The van der Waals surface area contributed by atoms with Gasteiger partial charge in [0.1, 0.15) is 0 Å². The molecule has 3 heteroatoms. The Hall–Kier alpha value is -0.900. The second-order valence-corrected chi connectivity index (χ2v) is 4.74. The predicted molar refractivity (Wildman–Crippen MR) is 81.5 cm³/mol. The molecular weight excluding hydrogens is 236 g/mol. The number of hydrogen-bond acceptors (Lipinski definition) is 3. The van der Waals surface area contributed by atoms with Crippen LogP contribution in [0.3, 0.4) is 0 Å². The molecule has 1 atom stereocenters. The van der Waals surface area contributed by atoms with Crippen molar-refractivity contribution in [3.8, 4) is 0 Å². The van der Waals surface area contributed by atoms with E-state index in [1.54, 1.807) is 7.11 Å². The zero-order chi connectivity index (χ0) is 13.9. The molecule has 0 heterocycles. The van der Waals surface area contributed by atoms with Gasteiger partial charge in [0.2, 0.25) is 0 Å². The van der Waals surface area contributed by atoms with Gasteiger partial charge in [-0.15, -0.1) is 0 Å². The molecule has 1 N–H and O–H groups in total. The second-order valence-electron chi connectivity index (χ2n) is 4.74. The van der Waals surface area contributed by atoms with Gasteiger partial charge in [-0.25, -0.2) is 0 Å². The minimum atomic E-state index is 0.447. The van der Waals surface area contributed by atoms with Crippen molar-refractivity contribution < 1.29 is 4.74 Å². The number of rotatable bonds is 10. The molecule has 0 bridgehead atoms. The molecule has 0 saturated carbocycles. The van der Waals surface area contributed by atoms with Gasteiger partial charge in [0, 0.05) is 26.2 Å². The van der Waals surface area contributed by atoms with Crippen LogP contribution in [0.25, 0.3) is 0 Å². The molecule has 19 heavy (non-hydrogen) atoms. The average molecular weight is 264 g/mol. The molecular formula is C16H28N2O. The van der Waals surface area contributed by atoms with E-state index in [1.807, 2.05) is 0 Å². The first-order valence-electron chi connectivity index (χ1n) is 7.31. The molecule has 0 aromatic heterocycles. The van der Waals surface area contributed by atoms with Crippen LogP contribution in [-0.2, 0) is 4.74 Å². The third-order valence-electron chi connectivity index (χ3n) is 3.45. The summed E-state index contributed by atoms with van der Waals surface area (Å²) >= 11 is 0. The SMILES string of the molecule is CCNC(CCN(CC)CCOC)c1ccccc1. The van der Waals surface area contributed by atoms with Gasteiger partial charge < -0.3 is 15.0 Å². The predicted octanol–water partition coefficient (Wildman–Crippen LogP) is 2.70. The Balaban J connectivity index is 2.49. The summed E-state index contributed by atoms with van der Waals surface area (Å²) in [6.07, 6.45) is 1.13. The molecule has 0 radical (unpaired) electrons. The molecule has 1 rings (SSSR count). The van der Waals surface area contributed by atoms with Gasteiger partial charge in [0.25, 0.3) is 0 Å². The van der Waals surface area contributed by atoms with E-state index in [1.165, 1.54) is 5.56 Å². The topological polar surface area (TPSA) is 24.5 Å². The first-order valence-corrected chi connectivity index (χ1v) is 7.31. The molecule has 0 aliphatic rings. The lowest BCUT2D eigenvalue weighted by molar-refractivity contribution is 0.148. The van der Waals surface area contributed by atoms with Crippen molar-refractivity contribution in [2.24, 2.45) is 0 Å². The maximum absolute atomic E-state index is 5.16. The van der Waals surface area contributed by atoms with Crippen LogP contribution in [0, 0.1) is 0 Å². The minimum Gasteiger partial charge on any atom is -0.383 e. The van der Waals surface area contributed by atoms with Crippen LogP contribution in [-0.4, -0.2) is 44.8 Å². The molecule has 3 nitrogen and oxygen atoms in total. The standard InChI is InChI=1S/C16H28N2O/c1-4-17-16(15-9-7-6-8-10-15)11-12-18(5-2)13-14-19-3/h6-10,16-17H,4-5,11-14H2,1-3H3. The largest absolute Gasteiger partial charge is 0.383 e. The number of likely N-dealkylation sites (N-methyl/N-ethyl adjacent to an activating group) is 1. The Morgan fingerprint density at radius 2 is 1.89 bits per heavy atom. The number of nitrogens with zero attached hydrogens (tertiary/aromatic N) is 1. The van der Waals surface area contributed by atoms with Crippen LogP contribution in [0.15, 0.2) is 30.3 Å². The number of ether oxygens (including phenoxy) is 1. The summed E-state index contributed by atoms with van der Waals surface area (Å²) in [6.45, 7) is 9.39. The smallest absolute Gasteiger partial charge is 0.0589 e.